The van der Waals surface area contributed by atoms with Gasteiger partial charge in [0.05, 0.1) is 13.2 Å². The Bertz CT molecular complexity index is 299. The summed E-state index contributed by atoms with van der Waals surface area (Å²) < 4.78 is 9.76. The second-order valence-corrected chi connectivity index (χ2v) is 5.95. The number of carbonyl (C=O) groups is 2. The molecular formula is C14H27N3O4. The summed E-state index contributed by atoms with van der Waals surface area (Å²) in [5, 5.41) is 3.24. The molecule has 0 saturated carbocycles. The van der Waals surface area contributed by atoms with Gasteiger partial charge >= 0.3 is 6.03 Å². The summed E-state index contributed by atoms with van der Waals surface area (Å²) in [4.78, 5) is 25.3. The Hall–Kier alpha value is -1.34. The van der Waals surface area contributed by atoms with Crippen molar-refractivity contribution in [1.29, 1.82) is 0 Å². The summed E-state index contributed by atoms with van der Waals surface area (Å²) >= 11 is 0. The molecule has 0 atom stereocenters. The number of piperazine rings is 1. The second kappa shape index (κ2) is 8.84. The Labute approximate surface area is 126 Å². The summed E-state index contributed by atoms with van der Waals surface area (Å²) in [5.41, 5.74) is -0.318. The van der Waals surface area contributed by atoms with E-state index in [2.05, 4.69) is 10.1 Å². The number of nitrogens with zero attached hydrogens (tertiary/aromatic N) is 2. The fourth-order valence-electron chi connectivity index (χ4n) is 1.96. The monoisotopic (exact) mass is 301 g/mol. The number of urea groups is 1. The number of nitrogens with one attached hydrogen (secondary N) is 1. The smallest absolute Gasteiger partial charge is 0.320 e. The van der Waals surface area contributed by atoms with Gasteiger partial charge < -0.3 is 24.6 Å². The summed E-state index contributed by atoms with van der Waals surface area (Å²) in [7, 11) is 0. The minimum Gasteiger partial charge on any atom is -0.462 e. The van der Waals surface area contributed by atoms with Crippen LogP contribution in [0.5, 0.6) is 0 Å². The zero-order valence-electron chi connectivity index (χ0n) is 13.3. The van der Waals surface area contributed by atoms with Crippen LogP contribution in [0.15, 0.2) is 0 Å². The number of amides is 2. The van der Waals surface area contributed by atoms with E-state index in [9.17, 15) is 9.59 Å². The van der Waals surface area contributed by atoms with Gasteiger partial charge in [-0.1, -0.05) is 0 Å². The maximum absolute atomic E-state index is 11.9. The highest BCUT2D eigenvalue weighted by atomic mass is 16.5. The number of morpholine rings is 1. The summed E-state index contributed by atoms with van der Waals surface area (Å²) in [6, 6.07) is 0.176. The van der Waals surface area contributed by atoms with Gasteiger partial charge in [-0.2, -0.15) is 0 Å². The molecular weight excluding hydrogens is 274 g/mol. The van der Waals surface area contributed by atoms with Crippen LogP contribution in [-0.4, -0.2) is 80.4 Å². The molecule has 2 aliphatic rings. The lowest BCUT2D eigenvalue weighted by atomic mass is 10.2. The van der Waals surface area contributed by atoms with Crippen LogP contribution in [0.25, 0.3) is 0 Å². The normalized spacial score (nSPS) is 19.4. The van der Waals surface area contributed by atoms with E-state index in [0.29, 0.717) is 19.7 Å². The largest absolute Gasteiger partial charge is 0.462 e. The van der Waals surface area contributed by atoms with Crippen LogP contribution in [0, 0.1) is 0 Å². The van der Waals surface area contributed by atoms with Gasteiger partial charge in [-0.25, -0.2) is 4.79 Å². The Morgan fingerprint density at radius 2 is 1.62 bits per heavy atom. The van der Waals surface area contributed by atoms with Crippen molar-refractivity contribution < 1.29 is 19.1 Å². The molecule has 1 N–H and O–H groups in total. The third-order valence-corrected chi connectivity index (χ3v) is 3.07. The van der Waals surface area contributed by atoms with Crippen LogP contribution >= 0.6 is 0 Å². The van der Waals surface area contributed by atoms with Gasteiger partial charge in [-0.3, -0.25) is 4.79 Å². The SMILES string of the molecule is CC(C)(C)OC=O.O=C(N1CCNCC1)N1CCOCC1. The van der Waals surface area contributed by atoms with Crippen molar-refractivity contribution in [2.45, 2.75) is 26.4 Å². The van der Waals surface area contributed by atoms with Gasteiger partial charge in [0.2, 0.25) is 0 Å². The van der Waals surface area contributed by atoms with Gasteiger partial charge in [-0.05, 0) is 20.8 Å². The predicted molar refractivity (Wildman–Crippen MR) is 79.1 cm³/mol. The average molecular weight is 301 g/mol. The first-order valence-corrected chi connectivity index (χ1v) is 7.38. The fraction of sp³-hybridized carbons (Fsp3) is 0.857. The lowest BCUT2D eigenvalue weighted by Gasteiger charge is -2.35. The van der Waals surface area contributed by atoms with E-state index < -0.39 is 0 Å². The molecule has 0 aromatic rings. The first-order valence-electron chi connectivity index (χ1n) is 7.38. The highest BCUT2D eigenvalue weighted by molar-refractivity contribution is 5.74. The lowest BCUT2D eigenvalue weighted by molar-refractivity contribution is -0.138. The molecule has 0 bridgehead atoms. The highest BCUT2D eigenvalue weighted by Gasteiger charge is 2.23. The van der Waals surface area contributed by atoms with Crippen molar-refractivity contribution >= 4 is 12.5 Å². The van der Waals surface area contributed by atoms with E-state index in [1.165, 1.54) is 0 Å². The van der Waals surface area contributed by atoms with E-state index in [4.69, 9.17) is 4.74 Å². The van der Waals surface area contributed by atoms with Crippen LogP contribution in [0.3, 0.4) is 0 Å². The fourth-order valence-corrected chi connectivity index (χ4v) is 1.96. The molecule has 122 valence electrons. The third-order valence-electron chi connectivity index (χ3n) is 3.07. The van der Waals surface area contributed by atoms with Crippen molar-refractivity contribution in [3.8, 4) is 0 Å². The summed E-state index contributed by atoms with van der Waals surface area (Å²) in [6.07, 6.45) is 0. The van der Waals surface area contributed by atoms with Crippen LogP contribution in [0.2, 0.25) is 0 Å². The number of hydrogen-bond acceptors (Lipinski definition) is 5. The maximum atomic E-state index is 11.9. The lowest BCUT2D eigenvalue weighted by Crippen LogP contribution is -2.53. The Balaban J connectivity index is 0.000000270. The number of carbonyl (C=O) groups excluding carboxylic acids is 2. The predicted octanol–water partition coefficient (Wildman–Crippen LogP) is 0.302. The molecule has 2 rings (SSSR count). The quantitative estimate of drug-likeness (QED) is 0.706. The molecule has 7 nitrogen and oxygen atoms in total. The highest BCUT2D eigenvalue weighted by Crippen LogP contribution is 2.04. The Morgan fingerprint density at radius 3 is 2.05 bits per heavy atom. The van der Waals surface area contributed by atoms with Crippen LogP contribution in [0.4, 0.5) is 4.79 Å². The Kier molecular flexibility index (Phi) is 7.45. The van der Waals surface area contributed by atoms with Gasteiger partial charge in [0.1, 0.15) is 5.60 Å². The molecule has 2 amide bonds. The third kappa shape index (κ3) is 7.29. The molecule has 0 unspecified atom stereocenters. The molecule has 2 aliphatic heterocycles. The standard InChI is InChI=1S/C9H17N3O2.C5H10O2/c13-9(11-3-1-10-2-4-11)12-5-7-14-8-6-12;1-5(2,3)7-4-6/h10H,1-8H2;4H,1-3H3. The molecule has 0 aliphatic carbocycles. The molecule has 0 spiro atoms. The molecule has 7 heteroatoms. The van der Waals surface area contributed by atoms with E-state index in [1.54, 1.807) is 0 Å². The van der Waals surface area contributed by atoms with E-state index in [0.717, 1.165) is 39.3 Å². The topological polar surface area (TPSA) is 71.1 Å². The van der Waals surface area contributed by atoms with E-state index >= 15 is 0 Å². The maximum Gasteiger partial charge on any atom is 0.320 e. The first kappa shape index (κ1) is 17.7. The average Bonchev–Trinajstić information content (AvgIpc) is 2.48. The van der Waals surface area contributed by atoms with Gasteiger partial charge in [0, 0.05) is 39.3 Å². The van der Waals surface area contributed by atoms with E-state index in [1.807, 2.05) is 30.6 Å². The molecule has 2 fully saturated rings. The molecule has 2 heterocycles. The van der Waals surface area contributed by atoms with Crippen LogP contribution in [0.1, 0.15) is 20.8 Å². The van der Waals surface area contributed by atoms with Crippen molar-refractivity contribution in [2.24, 2.45) is 0 Å². The van der Waals surface area contributed by atoms with Crippen molar-refractivity contribution in [2.75, 3.05) is 52.5 Å². The van der Waals surface area contributed by atoms with Gasteiger partial charge in [0.25, 0.3) is 6.47 Å². The van der Waals surface area contributed by atoms with E-state index in [-0.39, 0.29) is 11.6 Å². The minimum absolute atomic E-state index is 0.176. The Morgan fingerprint density at radius 1 is 1.10 bits per heavy atom. The molecule has 0 aromatic heterocycles. The zero-order valence-corrected chi connectivity index (χ0v) is 13.3. The number of rotatable bonds is 1. The summed E-state index contributed by atoms with van der Waals surface area (Å²) in [5.74, 6) is 0. The van der Waals surface area contributed by atoms with Crippen molar-refractivity contribution in [3.63, 3.8) is 0 Å². The zero-order chi connectivity index (χ0) is 15.7. The summed E-state index contributed by atoms with van der Waals surface area (Å²) in [6.45, 7) is 12.2. The second-order valence-electron chi connectivity index (χ2n) is 5.95. The first-order chi connectivity index (χ1) is 9.94. The van der Waals surface area contributed by atoms with Gasteiger partial charge in [0.15, 0.2) is 0 Å². The van der Waals surface area contributed by atoms with Gasteiger partial charge in [-0.15, -0.1) is 0 Å². The molecule has 2 saturated heterocycles. The van der Waals surface area contributed by atoms with Crippen LogP contribution in [-0.2, 0) is 14.3 Å². The number of hydrogen-bond donors (Lipinski definition) is 1. The molecule has 0 radical (unpaired) electrons. The molecule has 21 heavy (non-hydrogen) atoms. The van der Waals surface area contributed by atoms with Crippen molar-refractivity contribution in [1.82, 2.24) is 15.1 Å². The number of ether oxygens (including phenoxy) is 2. The molecule has 0 aromatic carbocycles. The van der Waals surface area contributed by atoms with Crippen molar-refractivity contribution in [3.05, 3.63) is 0 Å². The van der Waals surface area contributed by atoms with Crippen LogP contribution < -0.4 is 5.32 Å². The minimum atomic E-state index is -0.318.